The summed E-state index contributed by atoms with van der Waals surface area (Å²) >= 11 is 0. The summed E-state index contributed by atoms with van der Waals surface area (Å²) in [7, 11) is 0. The van der Waals surface area contributed by atoms with E-state index in [4.69, 9.17) is 5.73 Å². The van der Waals surface area contributed by atoms with Gasteiger partial charge in [-0.25, -0.2) is 4.52 Å². The summed E-state index contributed by atoms with van der Waals surface area (Å²) in [5.74, 6) is 0.271. The van der Waals surface area contributed by atoms with Crippen molar-refractivity contribution in [2.75, 3.05) is 0 Å². The van der Waals surface area contributed by atoms with E-state index in [9.17, 15) is 0 Å². The standard InChI is InChI=1S/C7H7N4.C2H6.Re/c1-5-2-3-6-7(8)9-4-10-11(5)6;1-2;/h2-4H,1H3,(H-,8,9,10);1-2H3;/q-1;;. The van der Waals surface area contributed by atoms with E-state index in [2.05, 4.69) is 10.1 Å². The number of aryl methyl sites for hydroxylation is 1. The third-order valence-electron chi connectivity index (χ3n) is 1.64. The minimum atomic E-state index is 0. The van der Waals surface area contributed by atoms with Crippen LogP contribution in [-0.4, -0.2) is 14.6 Å². The van der Waals surface area contributed by atoms with Gasteiger partial charge in [-0.1, -0.05) is 13.8 Å². The van der Waals surface area contributed by atoms with Crippen molar-refractivity contribution < 1.29 is 20.4 Å². The molecule has 0 aliphatic carbocycles. The molecule has 0 atom stereocenters. The van der Waals surface area contributed by atoms with Crippen LogP contribution < -0.4 is 0 Å². The van der Waals surface area contributed by atoms with Gasteiger partial charge in [-0.05, 0) is 24.9 Å². The fourth-order valence-electron chi connectivity index (χ4n) is 1.06. The number of rotatable bonds is 0. The summed E-state index contributed by atoms with van der Waals surface area (Å²) < 4.78 is 1.70. The molecule has 1 N–H and O–H groups in total. The maximum atomic E-state index is 7.41. The van der Waals surface area contributed by atoms with Crippen LogP contribution in [0.25, 0.3) is 11.3 Å². The van der Waals surface area contributed by atoms with Gasteiger partial charge in [0.05, 0.1) is 5.52 Å². The summed E-state index contributed by atoms with van der Waals surface area (Å²) in [6.45, 7) is 5.94. The molecule has 2 rings (SSSR count). The number of fused-ring (bicyclic) bond motifs is 1. The van der Waals surface area contributed by atoms with Gasteiger partial charge in [0.2, 0.25) is 0 Å². The second kappa shape index (κ2) is 5.74. The molecule has 0 aliphatic heterocycles. The normalized spacial score (nSPS) is 8.79. The molecule has 14 heavy (non-hydrogen) atoms. The summed E-state index contributed by atoms with van der Waals surface area (Å²) in [6.07, 6.45) is 1.39. The first kappa shape index (κ1) is 13.1. The summed E-state index contributed by atoms with van der Waals surface area (Å²) in [5.41, 5.74) is 9.18. The van der Waals surface area contributed by atoms with Crippen LogP contribution in [0.5, 0.6) is 0 Å². The fourth-order valence-corrected chi connectivity index (χ4v) is 1.06. The zero-order valence-corrected chi connectivity index (χ0v) is 11.2. The van der Waals surface area contributed by atoms with Crippen molar-refractivity contribution in [3.63, 3.8) is 0 Å². The Morgan fingerprint density at radius 2 is 1.93 bits per heavy atom. The Hall–Kier alpha value is -0.918. The van der Waals surface area contributed by atoms with Crippen LogP contribution in [0.15, 0.2) is 18.5 Å². The van der Waals surface area contributed by atoms with E-state index >= 15 is 0 Å². The van der Waals surface area contributed by atoms with E-state index in [0.29, 0.717) is 0 Å². The maximum absolute atomic E-state index is 7.41. The van der Waals surface area contributed by atoms with E-state index in [1.165, 1.54) is 6.33 Å². The third-order valence-corrected chi connectivity index (χ3v) is 1.64. The minimum Gasteiger partial charge on any atom is -0.480 e. The fraction of sp³-hybridized carbons (Fsp3) is 0.333. The van der Waals surface area contributed by atoms with Gasteiger partial charge in [-0.2, -0.15) is 5.10 Å². The molecule has 0 aliphatic rings. The molecule has 0 spiro atoms. The number of hydrogen-bond donors (Lipinski definition) is 0. The molecule has 5 heteroatoms. The molecule has 2 aromatic heterocycles. The molecule has 0 bridgehead atoms. The average Bonchev–Trinajstić information content (AvgIpc) is 2.53. The predicted molar refractivity (Wildman–Crippen MR) is 53.1 cm³/mol. The van der Waals surface area contributed by atoms with Crippen LogP contribution in [0, 0.1) is 6.92 Å². The van der Waals surface area contributed by atoms with Crippen molar-refractivity contribution >= 4 is 11.3 Å². The van der Waals surface area contributed by atoms with Crippen LogP contribution in [0.4, 0.5) is 5.82 Å². The number of nitrogens with one attached hydrogen (secondary N) is 1. The van der Waals surface area contributed by atoms with E-state index < -0.39 is 0 Å². The largest absolute Gasteiger partial charge is 0.480 e. The van der Waals surface area contributed by atoms with E-state index in [-0.39, 0.29) is 26.2 Å². The molecule has 1 radical (unpaired) electrons. The maximum Gasteiger partial charge on any atom is 0.0635 e. The monoisotopic (exact) mass is 364 g/mol. The SMILES string of the molecule is CC.Cc1ccc2c([NH-])ncnn12.[Re]. The van der Waals surface area contributed by atoms with Crippen molar-refractivity contribution in [2.24, 2.45) is 0 Å². The third kappa shape index (κ3) is 2.31. The van der Waals surface area contributed by atoms with Gasteiger partial charge in [-0.3, -0.25) is 0 Å². The second-order valence-corrected chi connectivity index (χ2v) is 2.38. The molecule has 0 unspecified atom stereocenters. The van der Waals surface area contributed by atoms with E-state index in [0.717, 1.165) is 11.2 Å². The number of aromatic nitrogens is 3. The molecular weight excluding hydrogens is 350 g/mol. The van der Waals surface area contributed by atoms with Gasteiger partial charge in [-0.15, -0.1) is 0 Å². The summed E-state index contributed by atoms with van der Waals surface area (Å²) in [4.78, 5) is 3.76. The Morgan fingerprint density at radius 1 is 1.29 bits per heavy atom. The van der Waals surface area contributed by atoms with Crippen molar-refractivity contribution in [3.05, 3.63) is 29.9 Å². The molecular formula is C9H13N4Re-. The van der Waals surface area contributed by atoms with Gasteiger partial charge in [0.25, 0.3) is 0 Å². The first-order valence-electron chi connectivity index (χ1n) is 4.30. The molecule has 4 nitrogen and oxygen atoms in total. The van der Waals surface area contributed by atoms with E-state index in [1.54, 1.807) is 4.52 Å². The van der Waals surface area contributed by atoms with Crippen LogP contribution >= 0.6 is 0 Å². The topological polar surface area (TPSA) is 54.0 Å². The molecule has 0 saturated carbocycles. The van der Waals surface area contributed by atoms with Crippen LogP contribution in [0.3, 0.4) is 0 Å². The Kier molecular flexibility index (Phi) is 5.36. The Bertz CT molecular complexity index is 397. The molecule has 0 amide bonds. The zero-order valence-electron chi connectivity index (χ0n) is 8.45. The van der Waals surface area contributed by atoms with Crippen LogP contribution in [-0.2, 0) is 20.4 Å². The van der Waals surface area contributed by atoms with Gasteiger partial charge in [0, 0.05) is 32.4 Å². The zero-order chi connectivity index (χ0) is 9.84. The van der Waals surface area contributed by atoms with Gasteiger partial charge in [0.15, 0.2) is 0 Å². The molecule has 2 heterocycles. The number of nitrogens with zero attached hydrogens (tertiary/aromatic N) is 3. The van der Waals surface area contributed by atoms with Gasteiger partial charge in [0.1, 0.15) is 0 Å². The first-order valence-corrected chi connectivity index (χ1v) is 4.30. The second-order valence-electron chi connectivity index (χ2n) is 2.38. The molecule has 0 aromatic carbocycles. The van der Waals surface area contributed by atoms with Crippen molar-refractivity contribution in [1.29, 1.82) is 0 Å². The van der Waals surface area contributed by atoms with Crippen molar-refractivity contribution in [3.8, 4) is 0 Å². The van der Waals surface area contributed by atoms with Crippen molar-refractivity contribution in [1.82, 2.24) is 14.6 Å². The average molecular weight is 363 g/mol. The Balaban J connectivity index is 0.000000531. The Morgan fingerprint density at radius 3 is 2.50 bits per heavy atom. The molecule has 0 saturated heterocycles. The quantitative estimate of drug-likeness (QED) is 0.723. The van der Waals surface area contributed by atoms with Gasteiger partial charge < -0.3 is 10.7 Å². The van der Waals surface area contributed by atoms with Gasteiger partial charge >= 0.3 is 0 Å². The summed E-state index contributed by atoms with van der Waals surface area (Å²) in [5, 5.41) is 3.99. The predicted octanol–water partition coefficient (Wildman–Crippen LogP) is 2.75. The molecule has 77 valence electrons. The Labute approximate surface area is 97.2 Å². The minimum absolute atomic E-state index is 0. The molecule has 2 aromatic rings. The van der Waals surface area contributed by atoms with Crippen molar-refractivity contribution in [2.45, 2.75) is 20.8 Å². The number of hydrogen-bond acceptors (Lipinski definition) is 2. The van der Waals surface area contributed by atoms with Crippen LogP contribution in [0.1, 0.15) is 19.5 Å². The van der Waals surface area contributed by atoms with E-state index in [1.807, 2.05) is 32.9 Å². The smallest absolute Gasteiger partial charge is 0.0635 e. The van der Waals surface area contributed by atoms with Crippen LogP contribution in [0.2, 0.25) is 0 Å². The summed E-state index contributed by atoms with van der Waals surface area (Å²) in [6, 6.07) is 3.76. The first-order chi connectivity index (χ1) is 6.29. The molecule has 0 fully saturated rings.